The van der Waals surface area contributed by atoms with E-state index in [2.05, 4.69) is 14.9 Å². The van der Waals surface area contributed by atoms with Crippen LogP contribution in [-0.2, 0) is 6.54 Å². The molecule has 0 N–H and O–H groups in total. The number of rotatable bonds is 4. The summed E-state index contributed by atoms with van der Waals surface area (Å²) >= 11 is 3.19. The summed E-state index contributed by atoms with van der Waals surface area (Å²) in [5.74, 6) is 0.0441. The van der Waals surface area contributed by atoms with Gasteiger partial charge in [-0.1, -0.05) is 6.07 Å². The van der Waals surface area contributed by atoms with Gasteiger partial charge in [0.25, 0.3) is 5.91 Å². The van der Waals surface area contributed by atoms with Gasteiger partial charge in [-0.05, 0) is 29.1 Å². The van der Waals surface area contributed by atoms with Crippen LogP contribution in [-0.4, -0.2) is 51.9 Å². The zero-order valence-corrected chi connectivity index (χ0v) is 15.3. The third-order valence-corrected chi connectivity index (χ3v) is 6.15. The van der Waals surface area contributed by atoms with Crippen LogP contribution in [0.2, 0.25) is 0 Å². The first-order chi connectivity index (χ1) is 12.3. The van der Waals surface area contributed by atoms with E-state index in [0.29, 0.717) is 5.69 Å². The molecule has 1 aliphatic rings. The summed E-state index contributed by atoms with van der Waals surface area (Å²) in [6, 6.07) is 8.12. The maximum Gasteiger partial charge on any atom is 0.273 e. The van der Waals surface area contributed by atoms with Gasteiger partial charge in [0, 0.05) is 50.5 Å². The minimum Gasteiger partial charge on any atom is -0.335 e. The Morgan fingerprint density at radius 1 is 1.08 bits per heavy atom. The van der Waals surface area contributed by atoms with Crippen LogP contribution in [0.15, 0.2) is 47.4 Å². The summed E-state index contributed by atoms with van der Waals surface area (Å²) in [6.45, 7) is 4.17. The second-order valence-corrected chi connectivity index (χ2v) is 7.74. The number of amides is 1. The number of aromatic nitrogens is 2. The smallest absolute Gasteiger partial charge is 0.273 e. The van der Waals surface area contributed by atoms with E-state index >= 15 is 0 Å². The Kier molecular flexibility index (Phi) is 4.87. The van der Waals surface area contributed by atoms with Crippen molar-refractivity contribution in [3.05, 3.63) is 58.7 Å². The third kappa shape index (κ3) is 3.78. The van der Waals surface area contributed by atoms with Crippen LogP contribution in [0.5, 0.6) is 0 Å². The molecule has 3 aromatic rings. The van der Waals surface area contributed by atoms with E-state index in [-0.39, 0.29) is 5.91 Å². The molecular formula is C18H18N4OS2. The summed E-state index contributed by atoms with van der Waals surface area (Å²) in [6.07, 6.45) is 3.64. The first-order valence-electron chi connectivity index (χ1n) is 8.19. The zero-order chi connectivity index (χ0) is 17.1. The van der Waals surface area contributed by atoms with Gasteiger partial charge < -0.3 is 4.90 Å². The first kappa shape index (κ1) is 16.4. The highest BCUT2D eigenvalue weighted by atomic mass is 32.1. The summed E-state index contributed by atoms with van der Waals surface area (Å²) in [5, 5.41) is 4.83. The number of carbonyl (C=O) groups is 1. The molecule has 25 heavy (non-hydrogen) atoms. The van der Waals surface area contributed by atoms with E-state index in [4.69, 9.17) is 0 Å². The van der Waals surface area contributed by atoms with E-state index in [1.807, 2.05) is 52.3 Å². The minimum absolute atomic E-state index is 0.0441. The van der Waals surface area contributed by atoms with Gasteiger partial charge in [0.1, 0.15) is 10.7 Å². The van der Waals surface area contributed by atoms with Gasteiger partial charge in [-0.3, -0.25) is 14.7 Å². The molecule has 3 aromatic heterocycles. The summed E-state index contributed by atoms with van der Waals surface area (Å²) < 4.78 is 0. The molecule has 0 unspecified atom stereocenters. The minimum atomic E-state index is 0.0441. The van der Waals surface area contributed by atoms with E-state index in [1.165, 1.54) is 16.9 Å². The maximum atomic E-state index is 12.7. The summed E-state index contributed by atoms with van der Waals surface area (Å²) in [5.41, 5.74) is 1.82. The number of pyridine rings is 1. The van der Waals surface area contributed by atoms with Crippen LogP contribution in [0.1, 0.15) is 16.1 Å². The van der Waals surface area contributed by atoms with Crippen molar-refractivity contribution in [2.75, 3.05) is 26.2 Å². The lowest BCUT2D eigenvalue weighted by Gasteiger charge is -2.34. The van der Waals surface area contributed by atoms with Crippen molar-refractivity contribution < 1.29 is 4.79 Å². The van der Waals surface area contributed by atoms with Gasteiger partial charge in [-0.2, -0.15) is 0 Å². The van der Waals surface area contributed by atoms with Crippen molar-refractivity contribution in [1.29, 1.82) is 0 Å². The molecular weight excluding hydrogens is 352 g/mol. The van der Waals surface area contributed by atoms with Crippen LogP contribution in [0, 0.1) is 0 Å². The van der Waals surface area contributed by atoms with Crippen molar-refractivity contribution in [2.45, 2.75) is 6.54 Å². The Hall–Kier alpha value is -2.09. The lowest BCUT2D eigenvalue weighted by molar-refractivity contribution is 0.0623. The molecule has 0 bridgehead atoms. The Bertz CT molecular complexity index is 824. The predicted octanol–water partition coefficient (Wildman–Crippen LogP) is 3.22. The molecule has 5 nitrogen and oxygen atoms in total. The number of hydrogen-bond acceptors (Lipinski definition) is 6. The molecule has 128 valence electrons. The predicted molar refractivity (Wildman–Crippen MR) is 101 cm³/mol. The van der Waals surface area contributed by atoms with E-state index in [9.17, 15) is 4.79 Å². The molecule has 0 aromatic carbocycles. The van der Waals surface area contributed by atoms with Crippen LogP contribution < -0.4 is 0 Å². The number of carbonyl (C=O) groups excluding carboxylic acids is 1. The maximum absolute atomic E-state index is 12.7. The highest BCUT2D eigenvalue weighted by Gasteiger charge is 2.24. The quantitative estimate of drug-likeness (QED) is 0.707. The Labute approximate surface area is 154 Å². The second kappa shape index (κ2) is 7.43. The number of nitrogens with zero attached hydrogens (tertiary/aromatic N) is 4. The fraction of sp³-hybridized carbons (Fsp3) is 0.278. The molecule has 0 aliphatic carbocycles. The molecule has 0 spiro atoms. The first-order valence-corrected chi connectivity index (χ1v) is 9.95. The average Bonchev–Trinajstić information content (AvgIpc) is 3.34. The molecule has 0 saturated carbocycles. The molecule has 1 saturated heterocycles. The van der Waals surface area contributed by atoms with Crippen LogP contribution >= 0.6 is 22.7 Å². The van der Waals surface area contributed by atoms with Crippen molar-refractivity contribution >= 4 is 28.6 Å². The molecule has 0 radical (unpaired) electrons. The van der Waals surface area contributed by atoms with Crippen LogP contribution in [0.25, 0.3) is 9.88 Å². The normalized spacial score (nSPS) is 15.4. The molecule has 1 aliphatic heterocycles. The summed E-state index contributed by atoms with van der Waals surface area (Å²) in [7, 11) is 0. The van der Waals surface area contributed by atoms with E-state index < -0.39 is 0 Å². The van der Waals surface area contributed by atoms with Crippen molar-refractivity contribution in [1.82, 2.24) is 19.8 Å². The molecule has 4 heterocycles. The van der Waals surface area contributed by atoms with Gasteiger partial charge in [0.2, 0.25) is 0 Å². The molecule has 1 fully saturated rings. The van der Waals surface area contributed by atoms with E-state index in [0.717, 1.165) is 42.6 Å². The van der Waals surface area contributed by atoms with Gasteiger partial charge in [0.15, 0.2) is 0 Å². The molecule has 0 atom stereocenters. The van der Waals surface area contributed by atoms with Gasteiger partial charge in [-0.25, -0.2) is 4.98 Å². The van der Waals surface area contributed by atoms with Crippen LogP contribution in [0.3, 0.4) is 0 Å². The highest BCUT2D eigenvalue weighted by molar-refractivity contribution is 7.20. The lowest BCUT2D eigenvalue weighted by atomic mass is 10.2. The SMILES string of the molecule is O=C(c1csc(-c2cccs2)n1)N1CCN(Cc2ccncc2)CC1. The summed E-state index contributed by atoms with van der Waals surface area (Å²) in [4.78, 5) is 26.7. The van der Waals surface area contributed by atoms with Crippen molar-refractivity contribution in [3.63, 3.8) is 0 Å². The van der Waals surface area contributed by atoms with Gasteiger partial charge >= 0.3 is 0 Å². The topological polar surface area (TPSA) is 49.3 Å². The number of hydrogen-bond donors (Lipinski definition) is 0. The Balaban J connectivity index is 1.35. The Morgan fingerprint density at radius 2 is 1.88 bits per heavy atom. The van der Waals surface area contributed by atoms with Gasteiger partial charge in [0.05, 0.1) is 4.88 Å². The molecule has 4 rings (SSSR count). The molecule has 1 amide bonds. The number of piperazine rings is 1. The molecule has 7 heteroatoms. The lowest BCUT2D eigenvalue weighted by Crippen LogP contribution is -2.48. The zero-order valence-electron chi connectivity index (χ0n) is 13.7. The third-order valence-electron chi connectivity index (χ3n) is 4.27. The number of thiophene rings is 1. The standard InChI is InChI=1S/C18H18N4OS2/c23-18(15-13-25-17(20-15)16-2-1-11-24-16)22-9-7-21(8-10-22)12-14-3-5-19-6-4-14/h1-6,11,13H,7-10,12H2. The number of thiazole rings is 1. The van der Waals surface area contributed by atoms with Crippen molar-refractivity contribution in [3.8, 4) is 9.88 Å². The van der Waals surface area contributed by atoms with Gasteiger partial charge in [-0.15, -0.1) is 22.7 Å². The van der Waals surface area contributed by atoms with Crippen LogP contribution in [0.4, 0.5) is 0 Å². The monoisotopic (exact) mass is 370 g/mol. The fourth-order valence-corrected chi connectivity index (χ4v) is 4.51. The van der Waals surface area contributed by atoms with Crippen molar-refractivity contribution in [2.24, 2.45) is 0 Å². The fourth-order valence-electron chi connectivity index (χ4n) is 2.90. The Morgan fingerprint density at radius 3 is 2.60 bits per heavy atom. The highest BCUT2D eigenvalue weighted by Crippen LogP contribution is 2.28. The second-order valence-electron chi connectivity index (χ2n) is 5.94. The largest absolute Gasteiger partial charge is 0.335 e. The van der Waals surface area contributed by atoms with E-state index in [1.54, 1.807) is 11.3 Å². The average molecular weight is 371 g/mol.